The van der Waals surface area contributed by atoms with E-state index in [0.29, 0.717) is 24.9 Å². The number of carbonyl (C=O) groups excluding carboxylic acids is 3. The van der Waals surface area contributed by atoms with Gasteiger partial charge in [0.1, 0.15) is 17.8 Å². The number of nitrogens with zero attached hydrogens (tertiary/aromatic N) is 1. The summed E-state index contributed by atoms with van der Waals surface area (Å²) in [6.45, 7) is 2.42. The van der Waals surface area contributed by atoms with Crippen LogP contribution < -0.4 is 10.6 Å². The first kappa shape index (κ1) is 37.9. The summed E-state index contributed by atoms with van der Waals surface area (Å²) in [4.78, 5) is 51.2. The summed E-state index contributed by atoms with van der Waals surface area (Å²) in [5.41, 5.74) is 0.642. The van der Waals surface area contributed by atoms with Gasteiger partial charge in [-0.05, 0) is 37.0 Å². The van der Waals surface area contributed by atoms with Gasteiger partial charge in [-0.15, -0.1) is 0 Å². The van der Waals surface area contributed by atoms with Gasteiger partial charge in [-0.25, -0.2) is 4.79 Å². The Kier molecular flexibility index (Phi) is 20.3. The second-order valence-corrected chi connectivity index (χ2v) is 11.3. The number of amides is 3. The van der Waals surface area contributed by atoms with E-state index in [1.54, 1.807) is 17.0 Å². The number of rotatable bonds is 21. The van der Waals surface area contributed by atoms with Crippen molar-refractivity contribution in [2.45, 2.75) is 128 Å². The Morgan fingerprint density at radius 1 is 0.881 bits per heavy atom. The summed E-state index contributed by atoms with van der Waals surface area (Å²) in [5.74, 6) is -2.15. The number of likely N-dealkylation sites (tertiary alicyclic amines) is 1. The standard InChI is InChI=1S/C32H51N3O6.Na.H/c1-2-3-4-5-6-7-8-9-10-11-12-13-14-17-30(38)35-22-15-16-28(35)31(39)33-24-29(37)34-27(32(40)41)23-25-18-20-26(36)21-19-25;;/h18-21,27-28,36H,2-17,22-24H2,1H3,(H,33,39)(H,34,37)(H,40,41);;/t27-,28-;;/m0../s1. The van der Waals surface area contributed by atoms with Crippen molar-refractivity contribution >= 4 is 53.2 Å². The monoisotopic (exact) mass is 597 g/mol. The number of aliphatic carboxylic acids is 1. The number of phenolic OH excluding ortho intramolecular Hbond substituents is 1. The molecule has 3 amide bonds. The van der Waals surface area contributed by atoms with Gasteiger partial charge in [0.05, 0.1) is 6.54 Å². The second kappa shape index (κ2) is 22.4. The van der Waals surface area contributed by atoms with Crippen LogP contribution in [0.2, 0.25) is 0 Å². The molecule has 0 bridgehead atoms. The van der Waals surface area contributed by atoms with Gasteiger partial charge in [-0.1, -0.05) is 96.1 Å². The molecule has 1 aliphatic rings. The fourth-order valence-electron chi connectivity index (χ4n) is 5.37. The third-order valence-electron chi connectivity index (χ3n) is 7.80. The Morgan fingerprint density at radius 2 is 1.43 bits per heavy atom. The van der Waals surface area contributed by atoms with E-state index < -0.39 is 24.0 Å². The van der Waals surface area contributed by atoms with Crippen LogP contribution in [-0.2, 0) is 25.6 Å². The normalized spacial score (nSPS) is 15.1. The SMILES string of the molecule is CCCCCCCCCCCCCCCC(=O)N1CCC[C@H]1C(=O)NCC(=O)N[C@@H](Cc1ccc(O)cc1)C(=O)O.[NaH]. The fraction of sp³-hybridized carbons (Fsp3) is 0.688. The first-order valence-electron chi connectivity index (χ1n) is 15.7. The molecule has 42 heavy (non-hydrogen) atoms. The van der Waals surface area contributed by atoms with Crippen LogP contribution in [0.1, 0.15) is 115 Å². The van der Waals surface area contributed by atoms with Crippen molar-refractivity contribution in [3.63, 3.8) is 0 Å². The van der Waals surface area contributed by atoms with Crippen LogP contribution in [0, 0.1) is 0 Å². The van der Waals surface area contributed by atoms with Crippen LogP contribution in [0.25, 0.3) is 0 Å². The third kappa shape index (κ3) is 15.4. The zero-order chi connectivity index (χ0) is 29.9. The summed E-state index contributed by atoms with van der Waals surface area (Å²) in [5, 5.41) is 23.9. The fourth-order valence-corrected chi connectivity index (χ4v) is 5.37. The van der Waals surface area contributed by atoms with Gasteiger partial charge in [0.15, 0.2) is 0 Å². The van der Waals surface area contributed by atoms with E-state index in [2.05, 4.69) is 17.6 Å². The van der Waals surface area contributed by atoms with Crippen molar-refractivity contribution in [1.82, 2.24) is 15.5 Å². The summed E-state index contributed by atoms with van der Waals surface area (Å²) < 4.78 is 0. The molecule has 232 valence electrons. The number of hydrogen-bond acceptors (Lipinski definition) is 5. The second-order valence-electron chi connectivity index (χ2n) is 11.3. The van der Waals surface area contributed by atoms with Crippen molar-refractivity contribution in [2.24, 2.45) is 0 Å². The zero-order valence-corrected chi connectivity index (χ0v) is 24.9. The molecule has 1 aromatic carbocycles. The molecular weight excluding hydrogens is 545 g/mol. The number of phenols is 1. The molecule has 2 atom stereocenters. The average Bonchev–Trinajstić information content (AvgIpc) is 3.45. The zero-order valence-electron chi connectivity index (χ0n) is 24.9. The summed E-state index contributed by atoms with van der Waals surface area (Å²) in [7, 11) is 0. The van der Waals surface area contributed by atoms with Gasteiger partial charge >= 0.3 is 35.5 Å². The van der Waals surface area contributed by atoms with Gasteiger partial charge in [-0.2, -0.15) is 0 Å². The van der Waals surface area contributed by atoms with Crippen molar-refractivity contribution < 1.29 is 29.4 Å². The molecule has 1 fully saturated rings. The van der Waals surface area contributed by atoms with E-state index in [9.17, 15) is 29.4 Å². The predicted octanol–water partition coefficient (Wildman–Crippen LogP) is 4.44. The Labute approximate surface area is 273 Å². The van der Waals surface area contributed by atoms with E-state index in [1.807, 2.05) is 0 Å². The van der Waals surface area contributed by atoms with Crippen LogP contribution in [0.4, 0.5) is 0 Å². The molecule has 1 aromatic rings. The van der Waals surface area contributed by atoms with E-state index in [4.69, 9.17) is 0 Å². The summed E-state index contributed by atoms with van der Waals surface area (Å²) in [6, 6.07) is 4.30. The summed E-state index contributed by atoms with van der Waals surface area (Å²) in [6.07, 6.45) is 17.9. The quantitative estimate of drug-likeness (QED) is 0.122. The number of unbranched alkanes of at least 4 members (excludes halogenated alkanes) is 12. The van der Waals surface area contributed by atoms with Gasteiger partial charge in [0.25, 0.3) is 0 Å². The average molecular weight is 598 g/mol. The maximum absolute atomic E-state index is 12.8. The van der Waals surface area contributed by atoms with E-state index >= 15 is 0 Å². The molecule has 10 heteroatoms. The number of aromatic hydroxyl groups is 1. The molecule has 1 aliphatic heterocycles. The molecule has 0 radical (unpaired) electrons. The van der Waals surface area contributed by atoms with Gasteiger partial charge in [-0.3, -0.25) is 14.4 Å². The molecule has 9 nitrogen and oxygen atoms in total. The predicted molar refractivity (Wildman–Crippen MR) is 167 cm³/mol. The number of nitrogens with one attached hydrogen (secondary N) is 2. The molecule has 0 aromatic heterocycles. The number of hydrogen-bond donors (Lipinski definition) is 4. The van der Waals surface area contributed by atoms with Crippen LogP contribution in [-0.4, -0.2) is 93.5 Å². The number of carboxylic acid groups (broad SMARTS) is 1. The molecule has 1 heterocycles. The van der Waals surface area contributed by atoms with Gasteiger partial charge in [0.2, 0.25) is 17.7 Å². The Balaban J connectivity index is 0.00000882. The molecule has 0 unspecified atom stereocenters. The van der Waals surface area contributed by atoms with Crippen LogP contribution in [0.15, 0.2) is 24.3 Å². The molecule has 4 N–H and O–H groups in total. The number of carboxylic acids is 1. The maximum atomic E-state index is 12.8. The van der Waals surface area contributed by atoms with Crippen LogP contribution in [0.3, 0.4) is 0 Å². The topological polar surface area (TPSA) is 136 Å². The van der Waals surface area contributed by atoms with Gasteiger partial charge < -0.3 is 25.7 Å². The van der Waals surface area contributed by atoms with Crippen molar-refractivity contribution in [3.05, 3.63) is 29.8 Å². The minimum absolute atomic E-state index is 0. The molecular formula is C32H52N3NaO6. The number of benzene rings is 1. The van der Waals surface area contributed by atoms with Crippen molar-refractivity contribution in [3.8, 4) is 5.75 Å². The summed E-state index contributed by atoms with van der Waals surface area (Å²) >= 11 is 0. The Morgan fingerprint density at radius 3 is 1.98 bits per heavy atom. The molecule has 1 saturated heterocycles. The van der Waals surface area contributed by atoms with Crippen LogP contribution in [0.5, 0.6) is 5.75 Å². The number of carbonyl (C=O) groups is 4. The first-order chi connectivity index (χ1) is 19.8. The van der Waals surface area contributed by atoms with Gasteiger partial charge in [0, 0.05) is 19.4 Å². The molecule has 2 rings (SSSR count). The van der Waals surface area contributed by atoms with Crippen LogP contribution >= 0.6 is 0 Å². The van der Waals surface area contributed by atoms with Crippen molar-refractivity contribution in [1.29, 1.82) is 0 Å². The first-order valence-corrected chi connectivity index (χ1v) is 15.7. The Bertz CT molecular complexity index is 943. The third-order valence-corrected chi connectivity index (χ3v) is 7.80. The van der Waals surface area contributed by atoms with E-state index in [0.717, 1.165) is 25.7 Å². The van der Waals surface area contributed by atoms with E-state index in [1.165, 1.54) is 76.3 Å². The molecule has 0 saturated carbocycles. The molecule has 0 spiro atoms. The van der Waals surface area contributed by atoms with Crippen molar-refractivity contribution in [2.75, 3.05) is 13.1 Å². The minimum atomic E-state index is -1.20. The van der Waals surface area contributed by atoms with E-state index in [-0.39, 0.29) is 60.1 Å². The Hall–Kier alpha value is -2.10. The molecule has 0 aliphatic carbocycles.